The summed E-state index contributed by atoms with van der Waals surface area (Å²) in [4.78, 5) is 12.7. The number of aromatic nitrogens is 1. The van der Waals surface area contributed by atoms with Crippen LogP contribution in [0.15, 0.2) is 16.7 Å². The molecule has 0 radical (unpaired) electrons. The first-order valence-corrected chi connectivity index (χ1v) is 8.54. The number of aryl methyl sites for hydroxylation is 2. The second-order valence-electron chi connectivity index (χ2n) is 5.08. The van der Waals surface area contributed by atoms with E-state index in [0.29, 0.717) is 42.2 Å². The first kappa shape index (κ1) is 17.1. The minimum atomic E-state index is -0.517. The highest BCUT2D eigenvalue weighted by atomic mass is 35.5. The monoisotopic (exact) mass is 385 g/mol. The molecule has 0 saturated heterocycles. The molecule has 2 heterocycles. The van der Waals surface area contributed by atoms with E-state index in [4.69, 9.17) is 37.2 Å². The van der Waals surface area contributed by atoms with Gasteiger partial charge in [0.2, 0.25) is 0 Å². The van der Waals surface area contributed by atoms with Gasteiger partial charge in [-0.25, -0.2) is 4.79 Å². The summed E-state index contributed by atoms with van der Waals surface area (Å²) in [5.41, 5.74) is 1.44. The lowest BCUT2D eigenvalue weighted by Gasteiger charge is -2.03. The van der Waals surface area contributed by atoms with Gasteiger partial charge in [-0.15, -0.1) is 11.3 Å². The first-order chi connectivity index (χ1) is 11.4. The van der Waals surface area contributed by atoms with E-state index in [1.807, 2.05) is 0 Å². The van der Waals surface area contributed by atoms with Crippen LogP contribution < -0.4 is 4.74 Å². The number of nitrogens with zero attached hydrogens (tertiary/aromatic N) is 1. The number of carbonyl (C=O) groups is 1. The molecule has 126 valence electrons. The summed E-state index contributed by atoms with van der Waals surface area (Å²) in [7, 11) is 1.53. The normalized spacial score (nSPS) is 11.0. The molecule has 0 spiro atoms. The zero-order chi connectivity index (χ0) is 17.4. The molecule has 5 nitrogen and oxygen atoms in total. The van der Waals surface area contributed by atoms with E-state index in [2.05, 4.69) is 5.16 Å². The number of rotatable bonds is 4. The fourth-order valence-electron chi connectivity index (χ4n) is 2.28. The zero-order valence-corrected chi connectivity index (χ0v) is 15.4. The molecule has 0 aliphatic heterocycles. The smallest absolute Gasteiger partial charge is 0.350 e. The highest BCUT2D eigenvalue weighted by molar-refractivity contribution is 7.22. The van der Waals surface area contributed by atoms with Gasteiger partial charge in [-0.2, -0.15) is 0 Å². The number of ether oxygens (including phenoxy) is 2. The molecule has 0 unspecified atom stereocenters. The molecule has 0 fully saturated rings. The Balaban J connectivity index is 1.90. The Morgan fingerprint density at radius 2 is 2.04 bits per heavy atom. The molecule has 3 aromatic rings. The minimum absolute atomic E-state index is 0.0711. The number of esters is 1. The van der Waals surface area contributed by atoms with E-state index in [1.165, 1.54) is 18.4 Å². The lowest BCUT2D eigenvalue weighted by molar-refractivity contribution is 0.0477. The van der Waals surface area contributed by atoms with Crippen LogP contribution in [0.3, 0.4) is 0 Å². The van der Waals surface area contributed by atoms with Crippen molar-refractivity contribution in [3.05, 3.63) is 44.1 Å². The van der Waals surface area contributed by atoms with E-state index in [9.17, 15) is 4.79 Å². The number of hydrogen-bond donors (Lipinski definition) is 0. The summed E-state index contributed by atoms with van der Waals surface area (Å²) in [6, 6.07) is 3.48. The number of hydrogen-bond acceptors (Lipinski definition) is 6. The Morgan fingerprint density at radius 1 is 1.29 bits per heavy atom. The van der Waals surface area contributed by atoms with Gasteiger partial charge in [0.25, 0.3) is 0 Å². The Bertz CT molecular complexity index is 912. The average molecular weight is 386 g/mol. The Labute approximate surface area is 152 Å². The highest BCUT2D eigenvalue weighted by Crippen LogP contribution is 2.43. The van der Waals surface area contributed by atoms with Crippen LogP contribution in [0, 0.1) is 13.8 Å². The third-order valence-corrected chi connectivity index (χ3v) is 5.83. The van der Waals surface area contributed by atoms with Gasteiger partial charge in [-0.1, -0.05) is 28.4 Å². The molecule has 0 atom stereocenters. The molecule has 0 aliphatic carbocycles. The maximum atomic E-state index is 12.4. The standard InChI is InChI=1S/C16H13Cl2NO4S/c1-7-10(8(2)23-19-7)6-22-16(20)15-12(17)9-4-5-11(21-3)13(18)14(9)24-15/h4-5H,6H2,1-3H3. The molecule has 0 N–H and O–H groups in total. The molecule has 0 saturated carbocycles. The van der Waals surface area contributed by atoms with Crippen molar-refractivity contribution in [2.75, 3.05) is 7.11 Å². The molecule has 1 aromatic carbocycles. The maximum absolute atomic E-state index is 12.4. The largest absolute Gasteiger partial charge is 0.495 e. The molecule has 0 amide bonds. The summed E-state index contributed by atoms with van der Waals surface area (Å²) >= 11 is 13.8. The second kappa shape index (κ2) is 6.63. The number of halogens is 2. The van der Waals surface area contributed by atoms with Gasteiger partial charge in [-0.05, 0) is 26.0 Å². The van der Waals surface area contributed by atoms with Gasteiger partial charge < -0.3 is 14.0 Å². The van der Waals surface area contributed by atoms with Gasteiger partial charge in [0.05, 0.1) is 28.1 Å². The summed E-state index contributed by atoms with van der Waals surface area (Å²) in [5.74, 6) is 0.629. The van der Waals surface area contributed by atoms with Crippen molar-refractivity contribution >= 4 is 50.6 Å². The van der Waals surface area contributed by atoms with Crippen LogP contribution in [0.5, 0.6) is 5.75 Å². The summed E-state index contributed by atoms with van der Waals surface area (Å²) in [6.45, 7) is 3.63. The van der Waals surface area contributed by atoms with Gasteiger partial charge in [-0.3, -0.25) is 0 Å². The number of thiophene rings is 1. The van der Waals surface area contributed by atoms with E-state index < -0.39 is 5.97 Å². The fourth-order valence-corrected chi connectivity index (χ4v) is 4.06. The van der Waals surface area contributed by atoms with Crippen molar-refractivity contribution in [1.29, 1.82) is 0 Å². The molecule has 2 aromatic heterocycles. The van der Waals surface area contributed by atoms with Gasteiger partial charge in [0.1, 0.15) is 28.0 Å². The van der Waals surface area contributed by atoms with Crippen molar-refractivity contribution < 1.29 is 18.8 Å². The van der Waals surface area contributed by atoms with Gasteiger partial charge in [0, 0.05) is 5.39 Å². The van der Waals surface area contributed by atoms with Crippen molar-refractivity contribution in [1.82, 2.24) is 5.16 Å². The van der Waals surface area contributed by atoms with Crippen LogP contribution in [0.4, 0.5) is 0 Å². The zero-order valence-electron chi connectivity index (χ0n) is 13.1. The van der Waals surface area contributed by atoms with Crippen molar-refractivity contribution in [2.45, 2.75) is 20.5 Å². The van der Waals surface area contributed by atoms with Crippen molar-refractivity contribution in [2.24, 2.45) is 0 Å². The lowest BCUT2D eigenvalue weighted by atomic mass is 10.2. The SMILES string of the molecule is COc1ccc2c(Cl)c(C(=O)OCc3c(C)noc3C)sc2c1Cl. The Hall–Kier alpha value is -1.76. The van der Waals surface area contributed by atoms with Gasteiger partial charge in [0.15, 0.2) is 0 Å². The molecule has 0 aliphatic rings. The third-order valence-electron chi connectivity index (χ3n) is 3.64. The molecule has 8 heteroatoms. The van der Waals surface area contributed by atoms with Crippen LogP contribution in [0.1, 0.15) is 26.7 Å². The Kier molecular flexibility index (Phi) is 4.71. The van der Waals surface area contributed by atoms with E-state index in [0.717, 1.165) is 5.56 Å². The van der Waals surface area contributed by atoms with Crippen LogP contribution in [-0.2, 0) is 11.3 Å². The quantitative estimate of drug-likeness (QED) is 0.579. The Morgan fingerprint density at radius 3 is 2.67 bits per heavy atom. The second-order valence-corrected chi connectivity index (χ2v) is 6.86. The molecular weight excluding hydrogens is 373 g/mol. The lowest BCUT2D eigenvalue weighted by Crippen LogP contribution is -2.04. The van der Waals surface area contributed by atoms with Crippen molar-refractivity contribution in [3.63, 3.8) is 0 Å². The molecule has 24 heavy (non-hydrogen) atoms. The summed E-state index contributed by atoms with van der Waals surface area (Å²) in [5, 5.41) is 5.27. The van der Waals surface area contributed by atoms with E-state index >= 15 is 0 Å². The van der Waals surface area contributed by atoms with Crippen molar-refractivity contribution in [3.8, 4) is 5.75 Å². The summed E-state index contributed by atoms with van der Waals surface area (Å²) in [6.07, 6.45) is 0. The maximum Gasteiger partial charge on any atom is 0.350 e. The number of methoxy groups -OCH3 is 1. The number of benzene rings is 1. The van der Waals surface area contributed by atoms with Crippen LogP contribution in [-0.4, -0.2) is 18.2 Å². The minimum Gasteiger partial charge on any atom is -0.495 e. The van der Waals surface area contributed by atoms with Gasteiger partial charge >= 0.3 is 5.97 Å². The predicted molar refractivity (Wildman–Crippen MR) is 93.5 cm³/mol. The number of carbonyl (C=O) groups excluding carboxylic acids is 1. The first-order valence-electron chi connectivity index (χ1n) is 6.97. The van der Waals surface area contributed by atoms with E-state index in [-0.39, 0.29) is 6.61 Å². The average Bonchev–Trinajstić information content (AvgIpc) is 3.07. The van der Waals surface area contributed by atoms with Crippen LogP contribution in [0.2, 0.25) is 10.0 Å². The topological polar surface area (TPSA) is 61.6 Å². The van der Waals surface area contributed by atoms with Crippen LogP contribution >= 0.6 is 34.5 Å². The van der Waals surface area contributed by atoms with Crippen LogP contribution in [0.25, 0.3) is 10.1 Å². The summed E-state index contributed by atoms with van der Waals surface area (Å²) < 4.78 is 16.3. The highest BCUT2D eigenvalue weighted by Gasteiger charge is 2.22. The predicted octanol–water partition coefficient (Wildman–Crippen LogP) is 5.18. The molecule has 3 rings (SSSR count). The number of fused-ring (bicyclic) bond motifs is 1. The molecular formula is C16H13Cl2NO4S. The fraction of sp³-hybridized carbons (Fsp3) is 0.250. The third kappa shape index (κ3) is 2.85. The van der Waals surface area contributed by atoms with E-state index in [1.54, 1.807) is 26.0 Å². The molecule has 0 bridgehead atoms.